The Morgan fingerprint density at radius 3 is 2.65 bits per heavy atom. The minimum absolute atomic E-state index is 0.346. The van der Waals surface area contributed by atoms with Crippen molar-refractivity contribution in [1.82, 2.24) is 5.32 Å². The first kappa shape index (κ1) is 12.4. The Labute approximate surface area is 104 Å². The molecule has 0 saturated heterocycles. The Morgan fingerprint density at radius 2 is 2.00 bits per heavy atom. The lowest BCUT2D eigenvalue weighted by Crippen LogP contribution is -2.29. The van der Waals surface area contributed by atoms with Crippen LogP contribution in [-0.4, -0.2) is 17.7 Å². The van der Waals surface area contributed by atoms with Crippen LogP contribution < -0.4 is 5.32 Å². The van der Waals surface area contributed by atoms with E-state index in [9.17, 15) is 5.11 Å². The predicted molar refractivity (Wildman–Crippen MR) is 71.2 cm³/mol. The van der Waals surface area contributed by atoms with Gasteiger partial charge in [-0.2, -0.15) is 0 Å². The van der Waals surface area contributed by atoms with Crippen molar-refractivity contribution in [3.63, 3.8) is 0 Å². The fourth-order valence-electron chi connectivity index (χ4n) is 2.20. The van der Waals surface area contributed by atoms with Crippen LogP contribution in [0.25, 0.3) is 0 Å². The lowest BCUT2D eigenvalue weighted by molar-refractivity contribution is 0.474. The molecule has 17 heavy (non-hydrogen) atoms. The highest BCUT2D eigenvalue weighted by atomic mass is 16.3. The van der Waals surface area contributed by atoms with Gasteiger partial charge in [0.2, 0.25) is 0 Å². The molecule has 2 N–H and O–H groups in total. The molecule has 1 atom stereocenters. The Hall–Kier alpha value is -1.02. The second-order valence-corrected chi connectivity index (χ2v) is 5.31. The van der Waals surface area contributed by atoms with Crippen LogP contribution >= 0.6 is 0 Å². The number of hydrogen-bond acceptors (Lipinski definition) is 2. The van der Waals surface area contributed by atoms with E-state index in [1.807, 2.05) is 12.1 Å². The first-order chi connectivity index (χ1) is 8.24. The summed E-state index contributed by atoms with van der Waals surface area (Å²) >= 11 is 0. The largest absolute Gasteiger partial charge is 0.508 e. The van der Waals surface area contributed by atoms with E-state index >= 15 is 0 Å². The highest BCUT2D eigenvalue weighted by Crippen LogP contribution is 2.33. The van der Waals surface area contributed by atoms with Gasteiger partial charge in [-0.15, -0.1) is 0 Å². The monoisotopic (exact) mass is 233 g/mol. The molecule has 1 aliphatic carbocycles. The zero-order chi connectivity index (χ0) is 12.1. The molecule has 94 valence electrons. The van der Waals surface area contributed by atoms with E-state index < -0.39 is 0 Å². The second-order valence-electron chi connectivity index (χ2n) is 5.31. The minimum Gasteiger partial charge on any atom is -0.508 e. The van der Waals surface area contributed by atoms with Crippen molar-refractivity contribution in [3.05, 3.63) is 29.8 Å². The Morgan fingerprint density at radius 1 is 1.29 bits per heavy atom. The van der Waals surface area contributed by atoms with Crippen LogP contribution in [0, 0.1) is 5.92 Å². The molecule has 2 rings (SSSR count). The molecule has 1 saturated carbocycles. The predicted octanol–water partition coefficient (Wildman–Crippen LogP) is 3.10. The zero-order valence-corrected chi connectivity index (χ0v) is 10.7. The van der Waals surface area contributed by atoms with Crippen LogP contribution in [0.3, 0.4) is 0 Å². The molecular formula is C15H23NO. The molecule has 1 fully saturated rings. The molecule has 0 radical (unpaired) electrons. The highest BCUT2D eigenvalue weighted by molar-refractivity contribution is 5.26. The van der Waals surface area contributed by atoms with E-state index in [1.54, 1.807) is 12.1 Å². The third-order valence-electron chi connectivity index (χ3n) is 3.46. The van der Waals surface area contributed by atoms with Gasteiger partial charge in [0.05, 0.1) is 0 Å². The van der Waals surface area contributed by atoms with E-state index in [4.69, 9.17) is 0 Å². The fourth-order valence-corrected chi connectivity index (χ4v) is 2.20. The summed E-state index contributed by atoms with van der Waals surface area (Å²) in [4.78, 5) is 0. The third kappa shape index (κ3) is 4.78. The quantitative estimate of drug-likeness (QED) is 0.709. The maximum absolute atomic E-state index is 9.21. The zero-order valence-electron chi connectivity index (χ0n) is 10.7. The van der Waals surface area contributed by atoms with Crippen LogP contribution in [-0.2, 0) is 6.42 Å². The molecule has 2 nitrogen and oxygen atoms in total. The molecule has 2 heteroatoms. The summed E-state index contributed by atoms with van der Waals surface area (Å²) < 4.78 is 0. The van der Waals surface area contributed by atoms with Crippen LogP contribution in [0.1, 0.15) is 38.2 Å². The van der Waals surface area contributed by atoms with Gasteiger partial charge in [-0.1, -0.05) is 25.0 Å². The molecule has 0 aliphatic heterocycles. The fraction of sp³-hybridized carbons (Fsp3) is 0.600. The van der Waals surface area contributed by atoms with Gasteiger partial charge in [0.1, 0.15) is 5.75 Å². The van der Waals surface area contributed by atoms with Crippen molar-refractivity contribution in [2.45, 2.75) is 45.1 Å². The van der Waals surface area contributed by atoms with Crippen LogP contribution in [0.4, 0.5) is 0 Å². The van der Waals surface area contributed by atoms with Crippen molar-refractivity contribution in [3.8, 4) is 5.75 Å². The molecule has 0 heterocycles. The van der Waals surface area contributed by atoms with E-state index in [1.165, 1.54) is 31.2 Å². The summed E-state index contributed by atoms with van der Waals surface area (Å²) in [5.74, 6) is 1.39. The number of benzene rings is 1. The highest BCUT2D eigenvalue weighted by Gasteiger charge is 2.19. The van der Waals surface area contributed by atoms with Gasteiger partial charge in [-0.05, 0) is 56.3 Å². The maximum Gasteiger partial charge on any atom is 0.115 e. The molecule has 0 bridgehead atoms. The summed E-state index contributed by atoms with van der Waals surface area (Å²) in [6, 6.07) is 8.03. The number of hydrogen-bond donors (Lipinski definition) is 2. The number of aromatic hydroxyl groups is 1. The van der Waals surface area contributed by atoms with Gasteiger partial charge in [0.25, 0.3) is 0 Å². The van der Waals surface area contributed by atoms with E-state index in [2.05, 4.69) is 12.2 Å². The lowest BCUT2D eigenvalue weighted by atomic mass is 10.1. The number of nitrogens with one attached hydrogen (secondary N) is 1. The molecule has 1 unspecified atom stereocenters. The summed E-state index contributed by atoms with van der Waals surface area (Å²) in [6.45, 7) is 3.36. The van der Waals surface area contributed by atoms with Gasteiger partial charge < -0.3 is 10.4 Å². The molecule has 0 amide bonds. The van der Waals surface area contributed by atoms with Crippen molar-refractivity contribution in [2.75, 3.05) is 6.54 Å². The van der Waals surface area contributed by atoms with Crippen molar-refractivity contribution >= 4 is 0 Å². The summed E-state index contributed by atoms with van der Waals surface area (Å²) in [6.07, 6.45) is 6.67. The second kappa shape index (κ2) is 6.06. The SMILES string of the molecule is CC(Cc1ccc(O)cc1)NCCCC1CC1. The third-order valence-corrected chi connectivity index (χ3v) is 3.46. The Bertz CT molecular complexity index is 329. The summed E-state index contributed by atoms with van der Waals surface area (Å²) in [5.41, 5.74) is 1.28. The molecule has 1 aliphatic rings. The Balaban J connectivity index is 1.61. The van der Waals surface area contributed by atoms with Gasteiger partial charge >= 0.3 is 0 Å². The van der Waals surface area contributed by atoms with E-state index in [0.717, 1.165) is 18.9 Å². The standard InChI is InChI=1S/C15H23NO/c1-12(16-10-2-3-13-4-5-13)11-14-6-8-15(17)9-7-14/h6-9,12-13,16-17H,2-5,10-11H2,1H3. The molecule has 1 aromatic rings. The normalized spacial score (nSPS) is 17.0. The maximum atomic E-state index is 9.21. The van der Waals surface area contributed by atoms with Crippen molar-refractivity contribution in [2.24, 2.45) is 5.92 Å². The summed E-state index contributed by atoms with van der Waals surface area (Å²) in [7, 11) is 0. The molecule has 0 aromatic heterocycles. The number of phenolic OH excluding ortho intramolecular Hbond substituents is 1. The van der Waals surface area contributed by atoms with Crippen LogP contribution in [0.5, 0.6) is 5.75 Å². The van der Waals surface area contributed by atoms with Crippen LogP contribution in [0.2, 0.25) is 0 Å². The van der Waals surface area contributed by atoms with Crippen molar-refractivity contribution in [1.29, 1.82) is 0 Å². The van der Waals surface area contributed by atoms with Gasteiger partial charge in [-0.25, -0.2) is 0 Å². The average Bonchev–Trinajstić information content (AvgIpc) is 3.12. The van der Waals surface area contributed by atoms with Crippen molar-refractivity contribution < 1.29 is 5.11 Å². The molecule has 0 spiro atoms. The minimum atomic E-state index is 0.346. The van der Waals surface area contributed by atoms with E-state index in [-0.39, 0.29) is 0 Å². The average molecular weight is 233 g/mol. The molecular weight excluding hydrogens is 210 g/mol. The first-order valence-electron chi connectivity index (χ1n) is 6.75. The van der Waals surface area contributed by atoms with Gasteiger partial charge in [-0.3, -0.25) is 0 Å². The van der Waals surface area contributed by atoms with E-state index in [0.29, 0.717) is 11.8 Å². The van der Waals surface area contributed by atoms with Gasteiger partial charge in [0.15, 0.2) is 0 Å². The lowest BCUT2D eigenvalue weighted by Gasteiger charge is -2.13. The first-order valence-corrected chi connectivity index (χ1v) is 6.75. The Kier molecular flexibility index (Phi) is 4.43. The topological polar surface area (TPSA) is 32.3 Å². The smallest absolute Gasteiger partial charge is 0.115 e. The van der Waals surface area contributed by atoms with Gasteiger partial charge in [0, 0.05) is 6.04 Å². The molecule has 1 aromatic carbocycles. The number of phenols is 1. The van der Waals surface area contributed by atoms with Crippen LogP contribution in [0.15, 0.2) is 24.3 Å². The summed E-state index contributed by atoms with van der Waals surface area (Å²) in [5, 5.41) is 12.8. The number of rotatable bonds is 7.